The molecule has 0 unspecified atom stereocenters. The second-order valence-corrected chi connectivity index (χ2v) is 9.15. The second kappa shape index (κ2) is 7.67. The number of urea groups is 1. The van der Waals surface area contributed by atoms with Gasteiger partial charge in [0.05, 0.1) is 10.6 Å². The highest BCUT2D eigenvalue weighted by Crippen LogP contribution is 2.46. The number of hydrogen-bond donors (Lipinski definition) is 3. The molecule has 8 nitrogen and oxygen atoms in total. The summed E-state index contributed by atoms with van der Waals surface area (Å²) in [6, 6.07) is 5.79. The summed E-state index contributed by atoms with van der Waals surface area (Å²) in [5, 5.41) is 3.05. The minimum absolute atomic E-state index is 0.0954. The SMILES string of the molecule is C[C@@H]1CC(C)(C)C[C@]2(C1)NC(=O)N(CC(=O)NNC(=O)c1ccccc1Cl)C2=O. The van der Waals surface area contributed by atoms with Crippen LogP contribution in [0.2, 0.25) is 5.02 Å². The summed E-state index contributed by atoms with van der Waals surface area (Å²) in [5.41, 5.74) is 3.59. The van der Waals surface area contributed by atoms with E-state index in [4.69, 9.17) is 11.6 Å². The van der Waals surface area contributed by atoms with Gasteiger partial charge in [0.25, 0.3) is 17.7 Å². The van der Waals surface area contributed by atoms with Gasteiger partial charge >= 0.3 is 6.03 Å². The molecule has 1 saturated heterocycles. The Morgan fingerprint density at radius 3 is 2.55 bits per heavy atom. The average molecular weight is 421 g/mol. The van der Waals surface area contributed by atoms with Crippen LogP contribution in [0.5, 0.6) is 0 Å². The highest BCUT2D eigenvalue weighted by Gasteiger charge is 2.56. The van der Waals surface area contributed by atoms with Crippen LogP contribution in [0.15, 0.2) is 24.3 Å². The van der Waals surface area contributed by atoms with Gasteiger partial charge in [-0.3, -0.25) is 30.1 Å². The zero-order chi connectivity index (χ0) is 21.4. The number of halogens is 1. The van der Waals surface area contributed by atoms with Gasteiger partial charge in [-0.2, -0.15) is 0 Å². The van der Waals surface area contributed by atoms with Crippen molar-refractivity contribution in [2.24, 2.45) is 11.3 Å². The van der Waals surface area contributed by atoms with Crippen LogP contribution in [0.25, 0.3) is 0 Å². The molecule has 2 atom stereocenters. The first kappa shape index (κ1) is 21.1. The molecule has 0 bridgehead atoms. The molecular weight excluding hydrogens is 396 g/mol. The van der Waals surface area contributed by atoms with E-state index >= 15 is 0 Å². The van der Waals surface area contributed by atoms with Crippen molar-refractivity contribution in [2.45, 2.75) is 45.6 Å². The Morgan fingerprint density at radius 2 is 1.90 bits per heavy atom. The molecule has 1 spiro atoms. The molecule has 3 rings (SSSR count). The van der Waals surface area contributed by atoms with Crippen molar-refractivity contribution in [2.75, 3.05) is 6.54 Å². The monoisotopic (exact) mass is 420 g/mol. The lowest BCUT2D eigenvalue weighted by molar-refractivity contribution is -0.137. The van der Waals surface area contributed by atoms with Crippen molar-refractivity contribution < 1.29 is 19.2 Å². The first-order valence-corrected chi connectivity index (χ1v) is 9.89. The molecule has 2 fully saturated rings. The van der Waals surface area contributed by atoms with Gasteiger partial charge in [0, 0.05) is 0 Å². The van der Waals surface area contributed by atoms with Gasteiger partial charge in [0.15, 0.2) is 0 Å². The van der Waals surface area contributed by atoms with Gasteiger partial charge < -0.3 is 5.32 Å². The third-order valence-electron chi connectivity index (χ3n) is 5.36. The maximum absolute atomic E-state index is 13.0. The summed E-state index contributed by atoms with van der Waals surface area (Å²) in [5.74, 6) is -1.41. The Hall–Kier alpha value is -2.61. The van der Waals surface area contributed by atoms with E-state index in [9.17, 15) is 19.2 Å². The Balaban J connectivity index is 1.62. The molecule has 1 aliphatic carbocycles. The summed E-state index contributed by atoms with van der Waals surface area (Å²) in [7, 11) is 0. The third-order valence-corrected chi connectivity index (χ3v) is 5.69. The van der Waals surface area contributed by atoms with E-state index in [2.05, 4.69) is 36.9 Å². The molecule has 3 N–H and O–H groups in total. The third kappa shape index (κ3) is 4.37. The predicted octanol–water partition coefficient (Wildman–Crippen LogP) is 2.24. The van der Waals surface area contributed by atoms with E-state index in [1.807, 2.05) is 0 Å². The first-order valence-electron chi connectivity index (χ1n) is 9.51. The number of nitrogens with one attached hydrogen (secondary N) is 3. The Labute approximate surface area is 174 Å². The van der Waals surface area contributed by atoms with Crippen molar-refractivity contribution in [3.8, 4) is 0 Å². The van der Waals surface area contributed by atoms with Crippen LogP contribution in [-0.4, -0.2) is 40.7 Å². The first-order chi connectivity index (χ1) is 13.5. The van der Waals surface area contributed by atoms with Crippen LogP contribution >= 0.6 is 11.6 Å². The van der Waals surface area contributed by atoms with Crippen molar-refractivity contribution >= 4 is 35.4 Å². The molecule has 1 aromatic rings. The molecule has 156 valence electrons. The fourth-order valence-corrected chi connectivity index (χ4v) is 4.89. The van der Waals surface area contributed by atoms with Crippen molar-refractivity contribution in [1.82, 2.24) is 21.1 Å². The Kier molecular flexibility index (Phi) is 5.58. The number of imide groups is 1. The molecule has 1 saturated carbocycles. The lowest BCUT2D eigenvalue weighted by Crippen LogP contribution is -2.54. The van der Waals surface area contributed by atoms with Crippen LogP contribution in [0.3, 0.4) is 0 Å². The summed E-state index contributed by atoms with van der Waals surface area (Å²) in [6.07, 6.45) is 2.03. The lowest BCUT2D eigenvalue weighted by atomic mass is 9.64. The summed E-state index contributed by atoms with van der Waals surface area (Å²) in [4.78, 5) is 50.7. The number of carbonyl (C=O) groups is 4. The van der Waals surface area contributed by atoms with Gasteiger partial charge in [-0.25, -0.2) is 4.79 Å². The number of hydrazine groups is 1. The normalized spacial score (nSPS) is 25.7. The van der Waals surface area contributed by atoms with Gasteiger partial charge in [-0.05, 0) is 42.7 Å². The molecule has 5 amide bonds. The second-order valence-electron chi connectivity index (χ2n) is 8.74. The number of amides is 5. The maximum Gasteiger partial charge on any atom is 0.325 e. The van der Waals surface area contributed by atoms with E-state index < -0.39 is 35.8 Å². The van der Waals surface area contributed by atoms with Gasteiger partial charge in [0.2, 0.25) is 0 Å². The number of carbonyl (C=O) groups excluding carboxylic acids is 4. The van der Waals surface area contributed by atoms with Crippen LogP contribution in [-0.2, 0) is 9.59 Å². The minimum Gasteiger partial charge on any atom is -0.323 e. The Morgan fingerprint density at radius 1 is 1.21 bits per heavy atom. The van der Waals surface area contributed by atoms with Crippen LogP contribution in [0.1, 0.15) is 50.4 Å². The van der Waals surface area contributed by atoms with Gasteiger partial charge in [0.1, 0.15) is 12.1 Å². The lowest BCUT2D eigenvalue weighted by Gasteiger charge is -2.43. The fourth-order valence-electron chi connectivity index (χ4n) is 4.67. The van der Waals surface area contributed by atoms with E-state index in [1.165, 1.54) is 6.07 Å². The van der Waals surface area contributed by atoms with Gasteiger partial charge in [-0.1, -0.05) is 44.5 Å². The van der Waals surface area contributed by atoms with Crippen LogP contribution < -0.4 is 16.2 Å². The summed E-state index contributed by atoms with van der Waals surface area (Å²) >= 11 is 5.95. The van der Waals surface area contributed by atoms with Crippen molar-refractivity contribution in [3.05, 3.63) is 34.9 Å². The highest BCUT2D eigenvalue weighted by molar-refractivity contribution is 6.33. The molecule has 0 radical (unpaired) electrons. The van der Waals surface area contributed by atoms with Crippen molar-refractivity contribution in [3.63, 3.8) is 0 Å². The number of nitrogens with zero attached hydrogens (tertiary/aromatic N) is 1. The van der Waals surface area contributed by atoms with Gasteiger partial charge in [-0.15, -0.1) is 0 Å². The predicted molar refractivity (Wildman–Crippen MR) is 107 cm³/mol. The summed E-state index contributed by atoms with van der Waals surface area (Å²) < 4.78 is 0. The van der Waals surface area contributed by atoms with Crippen LogP contribution in [0, 0.1) is 11.3 Å². The van der Waals surface area contributed by atoms with E-state index in [1.54, 1.807) is 18.2 Å². The standard InChI is InChI=1S/C20H25ClN4O4/c1-12-8-19(2,3)11-20(9-12)17(28)25(18(29)22-20)10-15(26)23-24-16(27)13-6-4-5-7-14(13)21/h4-7,12H,8-11H2,1-3H3,(H,22,29)(H,23,26)(H,24,27)/t12-,20+/m1/s1. The topological polar surface area (TPSA) is 108 Å². The molecule has 29 heavy (non-hydrogen) atoms. The molecule has 1 aromatic carbocycles. The summed E-state index contributed by atoms with van der Waals surface area (Å²) in [6.45, 7) is 5.72. The maximum atomic E-state index is 13.0. The van der Waals surface area contributed by atoms with E-state index in [0.29, 0.717) is 12.8 Å². The quantitative estimate of drug-likeness (QED) is 0.514. The minimum atomic E-state index is -0.973. The molecule has 1 heterocycles. The number of rotatable bonds is 3. The molecule has 0 aromatic heterocycles. The largest absolute Gasteiger partial charge is 0.325 e. The Bertz CT molecular complexity index is 872. The molecule has 2 aliphatic rings. The number of hydrogen-bond acceptors (Lipinski definition) is 4. The van der Waals surface area contributed by atoms with Crippen molar-refractivity contribution in [1.29, 1.82) is 0 Å². The average Bonchev–Trinajstić information content (AvgIpc) is 2.81. The highest BCUT2D eigenvalue weighted by atomic mass is 35.5. The molecular formula is C20H25ClN4O4. The van der Waals surface area contributed by atoms with E-state index in [0.717, 1.165) is 11.3 Å². The van der Waals surface area contributed by atoms with E-state index in [-0.39, 0.29) is 21.9 Å². The smallest absolute Gasteiger partial charge is 0.323 e. The fraction of sp³-hybridized carbons (Fsp3) is 0.500. The zero-order valence-electron chi connectivity index (χ0n) is 16.7. The van der Waals surface area contributed by atoms with Crippen LogP contribution in [0.4, 0.5) is 4.79 Å². The number of benzene rings is 1. The zero-order valence-corrected chi connectivity index (χ0v) is 17.4. The molecule has 1 aliphatic heterocycles. The molecule has 9 heteroatoms.